The van der Waals surface area contributed by atoms with Crippen LogP contribution in [0.4, 0.5) is 0 Å². The maximum Gasteiger partial charge on any atom is 0.233 e. The average molecular weight is 299 g/mol. The van der Waals surface area contributed by atoms with Gasteiger partial charge in [0.25, 0.3) is 0 Å². The van der Waals surface area contributed by atoms with Gasteiger partial charge in [-0.2, -0.15) is 0 Å². The van der Waals surface area contributed by atoms with Crippen LogP contribution in [-0.2, 0) is 17.9 Å². The molecule has 1 aromatic rings. The van der Waals surface area contributed by atoms with Crippen molar-refractivity contribution in [3.05, 3.63) is 5.82 Å². The van der Waals surface area contributed by atoms with Gasteiger partial charge < -0.3 is 15.6 Å². The van der Waals surface area contributed by atoms with Gasteiger partial charge in [-0.25, -0.2) is 0 Å². The van der Waals surface area contributed by atoms with Crippen LogP contribution >= 0.6 is 11.8 Å². The van der Waals surface area contributed by atoms with Gasteiger partial charge in [0.2, 0.25) is 5.91 Å². The third-order valence-corrected chi connectivity index (χ3v) is 3.65. The predicted octanol–water partition coefficient (Wildman–Crippen LogP) is 1.54. The number of nitrogens with two attached hydrogens (primary N) is 1. The first kappa shape index (κ1) is 17.0. The van der Waals surface area contributed by atoms with E-state index in [1.165, 1.54) is 11.8 Å². The molecule has 0 saturated heterocycles. The Kier molecular flexibility index (Phi) is 6.01. The van der Waals surface area contributed by atoms with E-state index in [9.17, 15) is 4.79 Å². The van der Waals surface area contributed by atoms with Crippen LogP contribution in [0, 0.1) is 0 Å². The molecule has 0 aliphatic carbocycles. The van der Waals surface area contributed by atoms with Crippen molar-refractivity contribution in [2.24, 2.45) is 5.73 Å². The monoisotopic (exact) mass is 299 g/mol. The van der Waals surface area contributed by atoms with Crippen LogP contribution in [0.25, 0.3) is 0 Å². The number of nitrogens with zero attached hydrogens (tertiary/aromatic N) is 3. The Labute approximate surface area is 124 Å². The summed E-state index contributed by atoms with van der Waals surface area (Å²) in [6.45, 7) is 11.0. The van der Waals surface area contributed by atoms with Crippen molar-refractivity contribution in [3.63, 3.8) is 0 Å². The summed E-state index contributed by atoms with van der Waals surface area (Å²) in [5.74, 6) is 0.764. The molecule has 0 saturated carbocycles. The summed E-state index contributed by atoms with van der Waals surface area (Å²) in [5, 5.41) is 11.7. The van der Waals surface area contributed by atoms with Crippen LogP contribution in [0.2, 0.25) is 0 Å². The van der Waals surface area contributed by atoms with Crippen LogP contribution in [0.1, 0.15) is 46.9 Å². The fourth-order valence-electron chi connectivity index (χ4n) is 1.69. The molecule has 0 bridgehead atoms. The number of thioether (sulfide) groups is 1. The molecule has 1 atom stereocenters. The first-order chi connectivity index (χ1) is 9.28. The first-order valence-corrected chi connectivity index (χ1v) is 7.77. The fraction of sp³-hybridized carbons (Fsp3) is 0.769. The van der Waals surface area contributed by atoms with Crippen molar-refractivity contribution in [2.75, 3.05) is 0 Å². The normalized spacial score (nSPS) is 13.3. The predicted molar refractivity (Wildman–Crippen MR) is 81.4 cm³/mol. The number of carbonyl (C=O) groups is 1. The highest BCUT2D eigenvalue weighted by Gasteiger charge is 2.22. The molecule has 1 rings (SSSR count). The SMILES string of the molecule is CCCn1c(CN)nnc1SC(C)C(=O)NC(C)(C)C. The standard InChI is InChI=1S/C13H25N5OS/c1-6-7-18-10(8-14)16-17-12(18)20-9(2)11(19)15-13(3,4)5/h9H,6-8,14H2,1-5H3,(H,15,19). The van der Waals surface area contributed by atoms with E-state index in [0.717, 1.165) is 23.9 Å². The molecule has 20 heavy (non-hydrogen) atoms. The van der Waals surface area contributed by atoms with Gasteiger partial charge in [0.05, 0.1) is 11.8 Å². The second-order valence-corrected chi connectivity index (χ2v) is 7.06. The molecule has 0 aromatic carbocycles. The van der Waals surface area contributed by atoms with Crippen molar-refractivity contribution in [1.29, 1.82) is 0 Å². The van der Waals surface area contributed by atoms with E-state index < -0.39 is 0 Å². The van der Waals surface area contributed by atoms with Crippen molar-refractivity contribution >= 4 is 17.7 Å². The Hall–Kier alpha value is -1.08. The number of hydrogen-bond acceptors (Lipinski definition) is 5. The Morgan fingerprint density at radius 2 is 2.10 bits per heavy atom. The molecule has 0 aliphatic rings. The van der Waals surface area contributed by atoms with E-state index in [1.807, 2.05) is 32.3 Å². The van der Waals surface area contributed by atoms with Crippen LogP contribution in [0.15, 0.2) is 5.16 Å². The molecule has 1 amide bonds. The van der Waals surface area contributed by atoms with Gasteiger partial charge in [-0.1, -0.05) is 18.7 Å². The molecule has 7 heteroatoms. The Morgan fingerprint density at radius 1 is 1.45 bits per heavy atom. The van der Waals surface area contributed by atoms with Gasteiger partial charge in [-0.15, -0.1) is 10.2 Å². The minimum absolute atomic E-state index is 0.00264. The fourth-order valence-corrected chi connectivity index (χ4v) is 2.58. The van der Waals surface area contributed by atoms with Crippen molar-refractivity contribution in [2.45, 2.75) is 70.1 Å². The molecule has 3 N–H and O–H groups in total. The molecule has 1 unspecified atom stereocenters. The van der Waals surface area contributed by atoms with E-state index in [-0.39, 0.29) is 16.7 Å². The zero-order valence-corrected chi connectivity index (χ0v) is 13.8. The van der Waals surface area contributed by atoms with E-state index in [2.05, 4.69) is 22.4 Å². The zero-order chi connectivity index (χ0) is 15.3. The van der Waals surface area contributed by atoms with Crippen molar-refractivity contribution in [1.82, 2.24) is 20.1 Å². The van der Waals surface area contributed by atoms with Gasteiger partial charge in [-0.3, -0.25) is 4.79 Å². The summed E-state index contributed by atoms with van der Waals surface area (Å²) < 4.78 is 1.99. The summed E-state index contributed by atoms with van der Waals surface area (Å²) in [4.78, 5) is 12.1. The summed E-state index contributed by atoms with van der Waals surface area (Å²) in [5.41, 5.74) is 5.43. The van der Waals surface area contributed by atoms with E-state index in [1.54, 1.807) is 0 Å². The molecule has 0 radical (unpaired) electrons. The number of amides is 1. The van der Waals surface area contributed by atoms with E-state index >= 15 is 0 Å². The molecular formula is C13H25N5OS. The van der Waals surface area contributed by atoms with Gasteiger partial charge in [-0.05, 0) is 34.1 Å². The number of nitrogens with one attached hydrogen (secondary N) is 1. The number of carbonyl (C=O) groups excluding carboxylic acids is 1. The lowest BCUT2D eigenvalue weighted by molar-refractivity contribution is -0.121. The van der Waals surface area contributed by atoms with Crippen LogP contribution in [0.3, 0.4) is 0 Å². The molecule has 0 spiro atoms. The number of hydrogen-bond donors (Lipinski definition) is 2. The minimum atomic E-state index is -0.231. The summed E-state index contributed by atoms with van der Waals surface area (Å²) in [6.07, 6.45) is 0.973. The van der Waals surface area contributed by atoms with E-state index in [4.69, 9.17) is 5.73 Å². The zero-order valence-electron chi connectivity index (χ0n) is 12.9. The van der Waals surface area contributed by atoms with Gasteiger partial charge >= 0.3 is 0 Å². The molecule has 0 fully saturated rings. The van der Waals surface area contributed by atoms with Gasteiger partial charge in [0, 0.05) is 12.1 Å². The number of rotatable bonds is 6. The Balaban J connectivity index is 2.77. The Morgan fingerprint density at radius 3 is 2.60 bits per heavy atom. The van der Waals surface area contributed by atoms with E-state index in [0.29, 0.717) is 6.54 Å². The minimum Gasteiger partial charge on any atom is -0.351 e. The molecular weight excluding hydrogens is 274 g/mol. The van der Waals surface area contributed by atoms with Gasteiger partial charge in [0.15, 0.2) is 5.16 Å². The molecule has 6 nitrogen and oxygen atoms in total. The largest absolute Gasteiger partial charge is 0.351 e. The van der Waals surface area contributed by atoms with Crippen LogP contribution < -0.4 is 11.1 Å². The highest BCUT2D eigenvalue weighted by molar-refractivity contribution is 8.00. The summed E-state index contributed by atoms with van der Waals surface area (Å²) >= 11 is 1.42. The highest BCUT2D eigenvalue weighted by Crippen LogP contribution is 2.23. The topological polar surface area (TPSA) is 85.8 Å². The summed E-state index contributed by atoms with van der Waals surface area (Å²) in [7, 11) is 0. The van der Waals surface area contributed by atoms with Gasteiger partial charge in [0.1, 0.15) is 5.82 Å². The highest BCUT2D eigenvalue weighted by atomic mass is 32.2. The number of aromatic nitrogens is 3. The quantitative estimate of drug-likeness (QED) is 0.778. The molecule has 1 heterocycles. The first-order valence-electron chi connectivity index (χ1n) is 6.89. The maximum absolute atomic E-state index is 12.1. The van der Waals surface area contributed by atoms with Crippen molar-refractivity contribution < 1.29 is 4.79 Å². The third kappa shape index (κ3) is 4.79. The molecule has 0 aliphatic heterocycles. The lowest BCUT2D eigenvalue weighted by Gasteiger charge is -2.22. The second-order valence-electron chi connectivity index (χ2n) is 5.75. The lowest BCUT2D eigenvalue weighted by Crippen LogP contribution is -2.44. The molecule has 1 aromatic heterocycles. The average Bonchev–Trinajstić information content (AvgIpc) is 2.70. The van der Waals surface area contributed by atoms with Crippen LogP contribution in [-0.4, -0.2) is 31.5 Å². The summed E-state index contributed by atoms with van der Waals surface area (Å²) in [6, 6.07) is 0. The lowest BCUT2D eigenvalue weighted by atomic mass is 10.1. The Bertz CT molecular complexity index is 452. The van der Waals surface area contributed by atoms with Crippen molar-refractivity contribution in [3.8, 4) is 0 Å². The smallest absolute Gasteiger partial charge is 0.233 e. The second kappa shape index (κ2) is 7.08. The third-order valence-electron chi connectivity index (χ3n) is 2.57. The maximum atomic E-state index is 12.1. The molecule has 114 valence electrons. The van der Waals surface area contributed by atoms with Crippen LogP contribution in [0.5, 0.6) is 0 Å².